The average molecular weight is 274 g/mol. The van der Waals surface area contributed by atoms with Gasteiger partial charge in [-0.1, -0.05) is 32.0 Å². The summed E-state index contributed by atoms with van der Waals surface area (Å²) in [5.41, 5.74) is 4.64. The van der Waals surface area contributed by atoms with Crippen LogP contribution in [-0.4, -0.2) is 36.6 Å². The van der Waals surface area contributed by atoms with Crippen LogP contribution in [0, 0.1) is 6.92 Å². The molecule has 0 spiro atoms. The molecule has 2 nitrogen and oxygen atoms in total. The zero-order valence-corrected chi connectivity index (χ0v) is 13.8. The molecule has 1 aliphatic rings. The molecular weight excluding hydrogens is 244 g/mol. The van der Waals surface area contributed by atoms with Crippen LogP contribution in [0.2, 0.25) is 0 Å². The summed E-state index contributed by atoms with van der Waals surface area (Å²) in [6.07, 6.45) is 1.14. The highest BCUT2D eigenvalue weighted by Gasteiger charge is 2.28. The molecule has 1 heterocycles. The molecule has 1 aliphatic heterocycles. The second-order valence-electron chi connectivity index (χ2n) is 7.07. The molecule has 1 saturated heterocycles. The van der Waals surface area contributed by atoms with E-state index in [0.717, 1.165) is 32.6 Å². The zero-order valence-electron chi connectivity index (χ0n) is 13.8. The Bertz CT molecular complexity index is 443. The lowest BCUT2D eigenvalue weighted by atomic mass is 9.88. The molecule has 20 heavy (non-hydrogen) atoms. The van der Waals surface area contributed by atoms with E-state index in [1.54, 1.807) is 0 Å². The number of rotatable bonds is 4. The standard InChI is InChI=1S/C18H30N2/c1-14(2)16-7-6-15(3)17(12-16)13-18(4,5)20-10-8-19-9-11-20/h6-7,12,14,19H,8-11,13H2,1-5H3. The first-order valence-corrected chi connectivity index (χ1v) is 7.95. The highest BCUT2D eigenvalue weighted by atomic mass is 15.2. The van der Waals surface area contributed by atoms with Crippen molar-refractivity contribution in [1.82, 2.24) is 10.2 Å². The molecule has 0 saturated carbocycles. The summed E-state index contributed by atoms with van der Waals surface area (Å²) < 4.78 is 0. The predicted molar refractivity (Wildman–Crippen MR) is 87.5 cm³/mol. The summed E-state index contributed by atoms with van der Waals surface area (Å²) in [6, 6.07) is 6.99. The van der Waals surface area contributed by atoms with E-state index in [9.17, 15) is 0 Å². The SMILES string of the molecule is Cc1ccc(C(C)C)cc1CC(C)(C)N1CCNCC1. The van der Waals surface area contributed by atoms with Gasteiger partial charge in [0.05, 0.1) is 0 Å². The largest absolute Gasteiger partial charge is 0.314 e. The van der Waals surface area contributed by atoms with E-state index >= 15 is 0 Å². The number of hydrogen-bond acceptors (Lipinski definition) is 2. The number of piperazine rings is 1. The molecule has 0 amide bonds. The lowest BCUT2D eigenvalue weighted by Gasteiger charge is -2.41. The van der Waals surface area contributed by atoms with Gasteiger partial charge in [-0.15, -0.1) is 0 Å². The number of aryl methyl sites for hydroxylation is 1. The maximum atomic E-state index is 3.44. The van der Waals surface area contributed by atoms with E-state index < -0.39 is 0 Å². The van der Waals surface area contributed by atoms with Gasteiger partial charge in [0, 0.05) is 31.7 Å². The third-order valence-corrected chi connectivity index (χ3v) is 4.64. The normalized spacial score (nSPS) is 17.7. The van der Waals surface area contributed by atoms with Crippen LogP contribution < -0.4 is 5.32 Å². The Balaban J connectivity index is 2.17. The Morgan fingerprint density at radius 2 is 1.85 bits per heavy atom. The summed E-state index contributed by atoms with van der Waals surface area (Å²) in [6.45, 7) is 16.1. The van der Waals surface area contributed by atoms with Crippen LogP contribution in [0.15, 0.2) is 18.2 Å². The molecule has 2 heteroatoms. The molecule has 0 atom stereocenters. The number of benzene rings is 1. The highest BCUT2D eigenvalue weighted by molar-refractivity contribution is 5.33. The van der Waals surface area contributed by atoms with Crippen LogP contribution >= 0.6 is 0 Å². The minimum atomic E-state index is 0.239. The van der Waals surface area contributed by atoms with Gasteiger partial charge < -0.3 is 5.32 Å². The molecule has 1 N–H and O–H groups in total. The summed E-state index contributed by atoms with van der Waals surface area (Å²) in [7, 11) is 0. The average Bonchev–Trinajstić information content (AvgIpc) is 2.42. The Morgan fingerprint density at radius 1 is 1.20 bits per heavy atom. The Kier molecular flexibility index (Phi) is 4.87. The van der Waals surface area contributed by atoms with Crippen molar-refractivity contribution >= 4 is 0 Å². The summed E-state index contributed by atoms with van der Waals surface area (Å²) in [5, 5.41) is 3.44. The van der Waals surface area contributed by atoms with Gasteiger partial charge in [0.1, 0.15) is 0 Å². The Hall–Kier alpha value is -0.860. The molecular formula is C18H30N2. The third-order valence-electron chi connectivity index (χ3n) is 4.64. The second-order valence-corrected chi connectivity index (χ2v) is 7.07. The van der Waals surface area contributed by atoms with Crippen LogP contribution in [0.1, 0.15) is 50.3 Å². The number of hydrogen-bond donors (Lipinski definition) is 1. The van der Waals surface area contributed by atoms with Crippen LogP contribution in [-0.2, 0) is 6.42 Å². The molecule has 0 aliphatic carbocycles. The van der Waals surface area contributed by atoms with Crippen LogP contribution in [0.25, 0.3) is 0 Å². The van der Waals surface area contributed by atoms with E-state index in [1.165, 1.54) is 16.7 Å². The summed E-state index contributed by atoms with van der Waals surface area (Å²) in [5.74, 6) is 0.608. The number of nitrogens with zero attached hydrogens (tertiary/aromatic N) is 1. The van der Waals surface area contributed by atoms with Crippen molar-refractivity contribution in [3.8, 4) is 0 Å². The minimum Gasteiger partial charge on any atom is -0.314 e. The van der Waals surface area contributed by atoms with Gasteiger partial charge in [0.2, 0.25) is 0 Å². The maximum Gasteiger partial charge on any atom is 0.0194 e. The van der Waals surface area contributed by atoms with E-state index in [4.69, 9.17) is 0 Å². The van der Waals surface area contributed by atoms with E-state index in [2.05, 4.69) is 63.0 Å². The molecule has 2 rings (SSSR count). The fraction of sp³-hybridized carbons (Fsp3) is 0.667. The molecule has 0 bridgehead atoms. The first-order chi connectivity index (χ1) is 9.40. The van der Waals surface area contributed by atoms with Crippen molar-refractivity contribution in [2.75, 3.05) is 26.2 Å². The van der Waals surface area contributed by atoms with Crippen molar-refractivity contribution in [2.45, 2.75) is 52.5 Å². The van der Waals surface area contributed by atoms with Crippen molar-refractivity contribution in [3.05, 3.63) is 34.9 Å². The molecule has 1 aromatic carbocycles. The topological polar surface area (TPSA) is 15.3 Å². The lowest BCUT2D eigenvalue weighted by molar-refractivity contribution is 0.103. The van der Waals surface area contributed by atoms with Gasteiger partial charge in [0.15, 0.2) is 0 Å². The zero-order chi connectivity index (χ0) is 14.8. The van der Waals surface area contributed by atoms with Gasteiger partial charge in [-0.3, -0.25) is 4.90 Å². The smallest absolute Gasteiger partial charge is 0.0194 e. The van der Waals surface area contributed by atoms with Crippen molar-refractivity contribution < 1.29 is 0 Å². The van der Waals surface area contributed by atoms with Crippen LogP contribution in [0.3, 0.4) is 0 Å². The lowest BCUT2D eigenvalue weighted by Crippen LogP contribution is -2.54. The fourth-order valence-electron chi connectivity index (χ4n) is 3.09. The fourth-order valence-corrected chi connectivity index (χ4v) is 3.09. The molecule has 1 aromatic rings. The summed E-state index contributed by atoms with van der Waals surface area (Å²) >= 11 is 0. The summed E-state index contributed by atoms with van der Waals surface area (Å²) in [4.78, 5) is 2.63. The van der Waals surface area contributed by atoms with Crippen LogP contribution in [0.5, 0.6) is 0 Å². The second kappa shape index (κ2) is 6.28. The molecule has 0 radical (unpaired) electrons. The van der Waals surface area contributed by atoms with Gasteiger partial charge in [-0.25, -0.2) is 0 Å². The quantitative estimate of drug-likeness (QED) is 0.906. The third kappa shape index (κ3) is 3.62. The highest BCUT2D eigenvalue weighted by Crippen LogP contribution is 2.25. The van der Waals surface area contributed by atoms with E-state index in [1.807, 2.05) is 0 Å². The molecule has 112 valence electrons. The van der Waals surface area contributed by atoms with Gasteiger partial charge >= 0.3 is 0 Å². The van der Waals surface area contributed by atoms with Gasteiger partial charge in [0.25, 0.3) is 0 Å². The van der Waals surface area contributed by atoms with E-state index in [-0.39, 0.29) is 5.54 Å². The maximum absolute atomic E-state index is 3.44. The monoisotopic (exact) mass is 274 g/mol. The Labute approximate surface area is 124 Å². The van der Waals surface area contributed by atoms with Crippen molar-refractivity contribution in [2.24, 2.45) is 0 Å². The van der Waals surface area contributed by atoms with Crippen LogP contribution in [0.4, 0.5) is 0 Å². The van der Waals surface area contributed by atoms with Crippen molar-refractivity contribution in [1.29, 1.82) is 0 Å². The predicted octanol–water partition coefficient (Wildman–Crippen LogP) is 3.34. The van der Waals surface area contributed by atoms with Gasteiger partial charge in [-0.05, 0) is 49.8 Å². The Morgan fingerprint density at radius 3 is 2.45 bits per heavy atom. The van der Waals surface area contributed by atoms with E-state index in [0.29, 0.717) is 5.92 Å². The molecule has 0 unspecified atom stereocenters. The van der Waals surface area contributed by atoms with Crippen molar-refractivity contribution in [3.63, 3.8) is 0 Å². The molecule has 1 fully saturated rings. The number of nitrogens with one attached hydrogen (secondary N) is 1. The van der Waals surface area contributed by atoms with Gasteiger partial charge in [-0.2, -0.15) is 0 Å². The first kappa shape index (κ1) is 15.5. The minimum absolute atomic E-state index is 0.239. The first-order valence-electron chi connectivity index (χ1n) is 7.95. The molecule has 0 aromatic heterocycles.